The van der Waals surface area contributed by atoms with Crippen molar-refractivity contribution < 1.29 is 13.2 Å². The fourth-order valence-electron chi connectivity index (χ4n) is 3.13. The fourth-order valence-corrected chi connectivity index (χ4v) is 5.72. The maximum Gasteiger partial charge on any atom is 0.225 e. The van der Waals surface area contributed by atoms with Crippen LogP contribution in [0.1, 0.15) is 41.7 Å². The van der Waals surface area contributed by atoms with Gasteiger partial charge in [0.15, 0.2) is 9.84 Å². The number of carbonyl (C=O) groups is 1. The van der Waals surface area contributed by atoms with Crippen molar-refractivity contribution in [3.05, 3.63) is 46.3 Å². The first-order valence-corrected chi connectivity index (χ1v) is 11.1. The van der Waals surface area contributed by atoms with Crippen LogP contribution in [0.15, 0.2) is 35.2 Å². The van der Waals surface area contributed by atoms with Crippen LogP contribution in [0.2, 0.25) is 0 Å². The summed E-state index contributed by atoms with van der Waals surface area (Å²) >= 11 is 1.48. The molecule has 1 aromatic carbocycles. The molecule has 0 saturated heterocycles. The predicted octanol–water partition coefficient (Wildman–Crippen LogP) is 3.69. The summed E-state index contributed by atoms with van der Waals surface area (Å²) in [6.45, 7) is 0. The summed E-state index contributed by atoms with van der Waals surface area (Å²) < 4.78 is 24.5. The lowest BCUT2D eigenvalue weighted by molar-refractivity contribution is -0.116. The highest BCUT2D eigenvalue weighted by Crippen LogP contribution is 2.37. The van der Waals surface area contributed by atoms with Crippen LogP contribution in [0.5, 0.6) is 0 Å². The molecular formula is C19H20N2O3S2. The van der Waals surface area contributed by atoms with Crippen LogP contribution < -0.4 is 5.32 Å². The Hall–Kier alpha value is -2.17. The third-order valence-electron chi connectivity index (χ3n) is 4.46. The highest BCUT2D eigenvalue weighted by atomic mass is 32.2. The number of aryl methyl sites for hydroxylation is 1. The SMILES string of the molecule is N#Cc1c(NC(=O)CCCS(=O)(=O)c2ccccc2)sc2c1CCCC2. The van der Waals surface area contributed by atoms with Gasteiger partial charge in [-0.15, -0.1) is 11.3 Å². The summed E-state index contributed by atoms with van der Waals surface area (Å²) in [5, 5.41) is 12.8. The molecule has 3 rings (SSSR count). The second-order valence-corrected chi connectivity index (χ2v) is 9.52. The van der Waals surface area contributed by atoms with E-state index in [9.17, 15) is 18.5 Å². The topological polar surface area (TPSA) is 87.0 Å². The minimum atomic E-state index is -3.37. The zero-order chi connectivity index (χ0) is 18.6. The van der Waals surface area contributed by atoms with Crippen molar-refractivity contribution in [2.75, 3.05) is 11.1 Å². The number of hydrogen-bond acceptors (Lipinski definition) is 5. The van der Waals surface area contributed by atoms with E-state index < -0.39 is 9.84 Å². The summed E-state index contributed by atoms with van der Waals surface area (Å²) in [7, 11) is -3.37. The zero-order valence-electron chi connectivity index (χ0n) is 14.3. The molecule has 0 atom stereocenters. The first kappa shape index (κ1) is 18.6. The van der Waals surface area contributed by atoms with E-state index in [-0.39, 0.29) is 29.4 Å². The lowest BCUT2D eigenvalue weighted by Gasteiger charge is -2.09. The molecule has 1 amide bonds. The van der Waals surface area contributed by atoms with E-state index >= 15 is 0 Å². The van der Waals surface area contributed by atoms with E-state index in [2.05, 4.69) is 11.4 Å². The quantitative estimate of drug-likeness (QED) is 0.817. The monoisotopic (exact) mass is 388 g/mol. The van der Waals surface area contributed by atoms with Crippen molar-refractivity contribution in [3.8, 4) is 6.07 Å². The average molecular weight is 389 g/mol. The van der Waals surface area contributed by atoms with Gasteiger partial charge in [0, 0.05) is 11.3 Å². The number of hydrogen-bond donors (Lipinski definition) is 1. The van der Waals surface area contributed by atoms with Crippen LogP contribution in [0.25, 0.3) is 0 Å². The zero-order valence-corrected chi connectivity index (χ0v) is 16.0. The van der Waals surface area contributed by atoms with Gasteiger partial charge in [0.2, 0.25) is 5.91 Å². The van der Waals surface area contributed by atoms with Crippen LogP contribution in [0.4, 0.5) is 5.00 Å². The minimum Gasteiger partial charge on any atom is -0.317 e. The Labute approximate surface area is 157 Å². The van der Waals surface area contributed by atoms with Gasteiger partial charge in [-0.05, 0) is 49.8 Å². The second-order valence-electron chi connectivity index (χ2n) is 6.31. The van der Waals surface area contributed by atoms with Crippen LogP contribution in [-0.4, -0.2) is 20.1 Å². The Bertz CT molecular complexity index is 941. The van der Waals surface area contributed by atoms with Crippen LogP contribution >= 0.6 is 11.3 Å². The molecule has 26 heavy (non-hydrogen) atoms. The van der Waals surface area contributed by atoms with Crippen molar-refractivity contribution in [2.24, 2.45) is 0 Å². The average Bonchev–Trinajstić information content (AvgIpc) is 2.99. The first-order chi connectivity index (χ1) is 12.5. The van der Waals surface area contributed by atoms with Gasteiger partial charge < -0.3 is 5.32 Å². The van der Waals surface area contributed by atoms with Gasteiger partial charge in [-0.3, -0.25) is 4.79 Å². The Morgan fingerprint density at radius 2 is 1.92 bits per heavy atom. The number of benzene rings is 1. The molecule has 7 heteroatoms. The van der Waals surface area contributed by atoms with Gasteiger partial charge in [-0.2, -0.15) is 5.26 Å². The highest BCUT2D eigenvalue weighted by molar-refractivity contribution is 7.91. The van der Waals surface area contributed by atoms with Gasteiger partial charge in [-0.1, -0.05) is 18.2 Å². The van der Waals surface area contributed by atoms with E-state index in [1.54, 1.807) is 30.3 Å². The first-order valence-electron chi connectivity index (χ1n) is 8.63. The predicted molar refractivity (Wildman–Crippen MR) is 102 cm³/mol. The normalized spacial score (nSPS) is 13.7. The Morgan fingerprint density at radius 1 is 1.19 bits per heavy atom. The summed E-state index contributed by atoms with van der Waals surface area (Å²) in [5.41, 5.74) is 1.65. The Kier molecular flexibility index (Phi) is 5.74. The number of anilines is 1. The molecule has 0 bridgehead atoms. The maximum absolute atomic E-state index is 12.2. The minimum absolute atomic E-state index is 0.0729. The molecule has 136 valence electrons. The van der Waals surface area contributed by atoms with Crippen LogP contribution in [0, 0.1) is 11.3 Å². The number of nitriles is 1. The van der Waals surface area contributed by atoms with E-state index in [4.69, 9.17) is 0 Å². The molecule has 1 aliphatic carbocycles. The molecule has 2 aromatic rings. The number of nitrogens with zero attached hydrogens (tertiary/aromatic N) is 1. The van der Waals surface area contributed by atoms with Gasteiger partial charge in [0.1, 0.15) is 11.1 Å². The highest BCUT2D eigenvalue weighted by Gasteiger charge is 2.22. The standard InChI is InChI=1S/C19H20N2O3S2/c20-13-16-15-9-4-5-10-17(15)25-19(16)21-18(22)11-6-12-26(23,24)14-7-2-1-3-8-14/h1-3,7-8H,4-6,9-12H2,(H,21,22). The summed E-state index contributed by atoms with van der Waals surface area (Å²) in [6, 6.07) is 10.5. The largest absolute Gasteiger partial charge is 0.317 e. The number of amides is 1. The van der Waals surface area contributed by atoms with E-state index in [1.807, 2.05) is 0 Å². The van der Waals surface area contributed by atoms with Crippen molar-refractivity contribution in [1.82, 2.24) is 0 Å². The molecule has 5 nitrogen and oxygen atoms in total. The smallest absolute Gasteiger partial charge is 0.225 e. The Morgan fingerprint density at radius 3 is 2.65 bits per heavy atom. The molecule has 0 radical (unpaired) electrons. The van der Waals surface area contributed by atoms with E-state index in [1.165, 1.54) is 16.2 Å². The van der Waals surface area contributed by atoms with E-state index in [0.29, 0.717) is 10.6 Å². The molecule has 0 fully saturated rings. The molecule has 0 aliphatic heterocycles. The van der Waals surface area contributed by atoms with E-state index in [0.717, 1.165) is 31.2 Å². The van der Waals surface area contributed by atoms with Crippen LogP contribution in [0.3, 0.4) is 0 Å². The molecule has 0 unspecified atom stereocenters. The second kappa shape index (κ2) is 8.02. The molecule has 1 aliphatic rings. The van der Waals surface area contributed by atoms with Gasteiger partial charge in [0.05, 0.1) is 16.2 Å². The van der Waals surface area contributed by atoms with Crippen molar-refractivity contribution >= 4 is 32.1 Å². The van der Waals surface area contributed by atoms with Gasteiger partial charge in [-0.25, -0.2) is 8.42 Å². The number of thiophene rings is 1. The Balaban J connectivity index is 1.59. The number of fused-ring (bicyclic) bond motifs is 1. The van der Waals surface area contributed by atoms with Crippen molar-refractivity contribution in [3.63, 3.8) is 0 Å². The fraction of sp³-hybridized carbons (Fsp3) is 0.368. The summed E-state index contributed by atoms with van der Waals surface area (Å²) in [6.07, 6.45) is 4.39. The summed E-state index contributed by atoms with van der Waals surface area (Å²) in [4.78, 5) is 13.7. The van der Waals surface area contributed by atoms with Crippen molar-refractivity contribution in [2.45, 2.75) is 43.4 Å². The molecular weight excluding hydrogens is 368 g/mol. The maximum atomic E-state index is 12.2. The van der Waals surface area contributed by atoms with Crippen LogP contribution in [-0.2, 0) is 27.5 Å². The number of nitrogens with one attached hydrogen (secondary N) is 1. The van der Waals surface area contributed by atoms with Gasteiger partial charge >= 0.3 is 0 Å². The molecule has 1 aromatic heterocycles. The lowest BCUT2D eigenvalue weighted by Crippen LogP contribution is -2.14. The van der Waals surface area contributed by atoms with Crippen molar-refractivity contribution in [1.29, 1.82) is 5.26 Å². The summed E-state index contributed by atoms with van der Waals surface area (Å²) in [5.74, 6) is -0.320. The lowest BCUT2D eigenvalue weighted by atomic mass is 9.96. The molecule has 0 spiro atoms. The third-order valence-corrected chi connectivity index (χ3v) is 7.48. The number of sulfone groups is 1. The molecule has 1 N–H and O–H groups in total. The third kappa shape index (κ3) is 4.14. The van der Waals surface area contributed by atoms with Gasteiger partial charge in [0.25, 0.3) is 0 Å². The molecule has 1 heterocycles. The molecule has 0 saturated carbocycles. The number of carbonyl (C=O) groups excluding carboxylic acids is 1. The number of rotatable bonds is 6.